The van der Waals surface area contributed by atoms with Gasteiger partial charge >= 0.3 is 0 Å². The molecule has 1 aromatic carbocycles. The van der Waals surface area contributed by atoms with E-state index in [-0.39, 0.29) is 5.56 Å². The highest BCUT2D eigenvalue weighted by molar-refractivity contribution is 7.18. The normalized spacial score (nSPS) is 13.4. The van der Waals surface area contributed by atoms with Crippen LogP contribution in [0.25, 0.3) is 10.2 Å². The van der Waals surface area contributed by atoms with Gasteiger partial charge in [0.25, 0.3) is 5.56 Å². The Kier molecular flexibility index (Phi) is 5.02. The fourth-order valence-electron chi connectivity index (χ4n) is 3.94. The number of rotatable bonds is 5. The average molecular weight is 400 g/mol. The van der Waals surface area contributed by atoms with Gasteiger partial charge in [0.05, 0.1) is 19.6 Å². The van der Waals surface area contributed by atoms with Crippen molar-refractivity contribution in [3.63, 3.8) is 0 Å². The molecule has 148 valence electrons. The molecule has 0 N–H and O–H groups in total. The fourth-order valence-corrected chi connectivity index (χ4v) is 5.19. The lowest BCUT2D eigenvalue weighted by Gasteiger charge is -2.21. The molecule has 3 aromatic rings. The van der Waals surface area contributed by atoms with Gasteiger partial charge in [0, 0.05) is 25.5 Å². The molecule has 0 atom stereocenters. The number of ether oxygens (including phenoxy) is 2. The van der Waals surface area contributed by atoms with Crippen molar-refractivity contribution < 1.29 is 9.47 Å². The van der Waals surface area contributed by atoms with Crippen LogP contribution in [0.5, 0.6) is 11.5 Å². The van der Waals surface area contributed by atoms with Crippen LogP contribution in [0.3, 0.4) is 0 Å². The van der Waals surface area contributed by atoms with Crippen molar-refractivity contribution >= 4 is 27.5 Å². The number of methoxy groups -OCH3 is 2. The molecule has 0 amide bonds. The van der Waals surface area contributed by atoms with Gasteiger partial charge in [0.2, 0.25) is 5.95 Å². The van der Waals surface area contributed by atoms with Gasteiger partial charge in [0.1, 0.15) is 4.83 Å². The van der Waals surface area contributed by atoms with E-state index < -0.39 is 0 Å². The summed E-state index contributed by atoms with van der Waals surface area (Å²) in [5, 5.41) is 0.825. The Morgan fingerprint density at radius 3 is 2.68 bits per heavy atom. The minimum Gasteiger partial charge on any atom is -0.493 e. The van der Waals surface area contributed by atoms with E-state index >= 15 is 0 Å². The smallest absolute Gasteiger partial charge is 0.263 e. The molecule has 0 saturated carbocycles. The van der Waals surface area contributed by atoms with Gasteiger partial charge in [-0.3, -0.25) is 9.36 Å². The average Bonchev–Trinajstić information content (AvgIpc) is 3.09. The van der Waals surface area contributed by atoms with Gasteiger partial charge in [0.15, 0.2) is 11.5 Å². The van der Waals surface area contributed by atoms with E-state index in [4.69, 9.17) is 14.5 Å². The molecule has 28 heavy (non-hydrogen) atoms. The molecule has 0 aliphatic heterocycles. The summed E-state index contributed by atoms with van der Waals surface area (Å²) in [4.78, 5) is 22.2. The Morgan fingerprint density at radius 2 is 1.93 bits per heavy atom. The van der Waals surface area contributed by atoms with Gasteiger partial charge < -0.3 is 14.4 Å². The second kappa shape index (κ2) is 7.47. The molecular formula is C21H25N3O3S. The zero-order valence-corrected chi connectivity index (χ0v) is 17.6. The van der Waals surface area contributed by atoms with Crippen LogP contribution in [0.1, 0.15) is 28.8 Å². The first-order valence-electron chi connectivity index (χ1n) is 9.46. The lowest BCUT2D eigenvalue weighted by molar-refractivity contribution is 0.354. The van der Waals surface area contributed by atoms with Crippen molar-refractivity contribution in [1.82, 2.24) is 9.55 Å². The Hall–Kier alpha value is -2.54. The van der Waals surface area contributed by atoms with Crippen LogP contribution in [0.2, 0.25) is 0 Å². The van der Waals surface area contributed by atoms with E-state index in [1.165, 1.54) is 16.9 Å². The van der Waals surface area contributed by atoms with Crippen LogP contribution in [-0.4, -0.2) is 30.8 Å². The summed E-state index contributed by atoms with van der Waals surface area (Å²) in [7, 11) is 7.02. The minimum absolute atomic E-state index is 0.0542. The van der Waals surface area contributed by atoms with E-state index in [0.717, 1.165) is 35.0 Å². The maximum atomic E-state index is 13.1. The summed E-state index contributed by atoms with van der Waals surface area (Å²) < 4.78 is 12.4. The van der Waals surface area contributed by atoms with Crippen LogP contribution < -0.4 is 19.9 Å². The monoisotopic (exact) mass is 399 g/mol. The molecule has 0 spiro atoms. The topological polar surface area (TPSA) is 56.6 Å². The third-order valence-corrected chi connectivity index (χ3v) is 6.57. The largest absolute Gasteiger partial charge is 0.493 e. The Labute approximate surface area is 168 Å². The number of fused-ring (bicyclic) bond motifs is 3. The summed E-state index contributed by atoms with van der Waals surface area (Å²) in [5.41, 5.74) is 2.34. The Bertz CT molecular complexity index is 1090. The maximum Gasteiger partial charge on any atom is 0.263 e. The van der Waals surface area contributed by atoms with E-state index in [1.807, 2.05) is 37.2 Å². The number of hydrogen-bond donors (Lipinski definition) is 0. The predicted molar refractivity (Wildman–Crippen MR) is 113 cm³/mol. The van der Waals surface area contributed by atoms with Crippen LogP contribution >= 0.6 is 11.3 Å². The zero-order valence-electron chi connectivity index (χ0n) is 16.7. The summed E-state index contributed by atoms with van der Waals surface area (Å²) in [5.74, 6) is 2.06. The van der Waals surface area contributed by atoms with Crippen molar-refractivity contribution in [2.45, 2.75) is 32.2 Å². The highest BCUT2D eigenvalue weighted by Crippen LogP contribution is 2.34. The van der Waals surface area contributed by atoms with Crippen molar-refractivity contribution in [3.05, 3.63) is 44.6 Å². The van der Waals surface area contributed by atoms with Gasteiger partial charge in [-0.25, -0.2) is 4.98 Å². The second-order valence-corrected chi connectivity index (χ2v) is 8.30. The second-order valence-electron chi connectivity index (χ2n) is 7.21. The Balaban J connectivity index is 1.71. The van der Waals surface area contributed by atoms with Gasteiger partial charge in [-0.15, -0.1) is 11.3 Å². The summed E-state index contributed by atoms with van der Waals surface area (Å²) >= 11 is 1.68. The zero-order chi connectivity index (χ0) is 19.8. The molecule has 2 heterocycles. The first kappa shape index (κ1) is 18.8. The molecular weight excluding hydrogens is 374 g/mol. The molecule has 0 unspecified atom stereocenters. The van der Waals surface area contributed by atoms with E-state index in [2.05, 4.69) is 0 Å². The number of nitrogens with zero attached hydrogens (tertiary/aromatic N) is 3. The number of thiophene rings is 1. The number of anilines is 1. The van der Waals surface area contributed by atoms with Crippen LogP contribution in [-0.2, 0) is 26.4 Å². The van der Waals surface area contributed by atoms with E-state index in [0.29, 0.717) is 24.0 Å². The molecule has 7 heteroatoms. The maximum absolute atomic E-state index is 13.1. The molecule has 0 saturated heterocycles. The quantitative estimate of drug-likeness (QED) is 0.657. The number of hydrogen-bond acceptors (Lipinski definition) is 6. The summed E-state index contributed by atoms with van der Waals surface area (Å²) in [6.45, 7) is 0.608. The van der Waals surface area contributed by atoms with Crippen molar-refractivity contribution in [3.8, 4) is 11.5 Å². The van der Waals surface area contributed by atoms with Gasteiger partial charge in [-0.05, 0) is 48.9 Å². The lowest BCUT2D eigenvalue weighted by Crippen LogP contribution is -2.28. The van der Waals surface area contributed by atoms with E-state index in [1.54, 1.807) is 30.1 Å². The highest BCUT2D eigenvalue weighted by Gasteiger charge is 2.22. The highest BCUT2D eigenvalue weighted by atomic mass is 32.1. The molecule has 4 rings (SSSR count). The van der Waals surface area contributed by atoms with Crippen LogP contribution in [0, 0.1) is 0 Å². The summed E-state index contributed by atoms with van der Waals surface area (Å²) in [6, 6.07) is 5.85. The predicted octanol–water partition coefficient (Wildman–Crippen LogP) is 3.53. The van der Waals surface area contributed by atoms with Crippen LogP contribution in [0.4, 0.5) is 5.95 Å². The number of benzene rings is 1. The SMILES string of the molecule is COc1ccc(CN(C)c2nc3sc4c(c3c(=O)n2C)CCCC4)cc1OC. The molecule has 1 aliphatic carbocycles. The van der Waals surface area contributed by atoms with E-state index in [9.17, 15) is 4.79 Å². The molecule has 0 fully saturated rings. The molecule has 2 aromatic heterocycles. The molecule has 0 radical (unpaired) electrons. The molecule has 1 aliphatic rings. The third-order valence-electron chi connectivity index (χ3n) is 5.38. The van der Waals surface area contributed by atoms with Gasteiger partial charge in [-0.2, -0.15) is 0 Å². The minimum atomic E-state index is 0.0542. The third kappa shape index (κ3) is 3.13. The summed E-state index contributed by atoms with van der Waals surface area (Å²) in [6.07, 6.45) is 4.42. The van der Waals surface area contributed by atoms with Gasteiger partial charge in [-0.1, -0.05) is 6.07 Å². The molecule has 0 bridgehead atoms. The Morgan fingerprint density at radius 1 is 1.18 bits per heavy atom. The fraction of sp³-hybridized carbons (Fsp3) is 0.429. The molecule has 6 nitrogen and oxygen atoms in total. The lowest BCUT2D eigenvalue weighted by atomic mass is 9.97. The first-order chi connectivity index (χ1) is 13.5. The number of aryl methyl sites for hydroxylation is 2. The number of aromatic nitrogens is 2. The van der Waals surface area contributed by atoms with Crippen LogP contribution in [0.15, 0.2) is 23.0 Å². The van der Waals surface area contributed by atoms with Crippen molar-refractivity contribution in [2.24, 2.45) is 7.05 Å². The van der Waals surface area contributed by atoms with Crippen molar-refractivity contribution in [2.75, 3.05) is 26.2 Å². The first-order valence-corrected chi connectivity index (χ1v) is 10.3. The standard InChI is InChI=1S/C21H25N3O3S/c1-23(12-13-9-10-15(26-3)16(11-13)27-4)21-22-19-18(20(25)24(21)2)14-7-5-6-8-17(14)28-19/h9-11H,5-8,12H2,1-4H3. The van der Waals surface area contributed by atoms with Crippen molar-refractivity contribution in [1.29, 1.82) is 0 Å².